The van der Waals surface area contributed by atoms with Gasteiger partial charge in [-0.1, -0.05) is 36.4 Å². The molecule has 0 bridgehead atoms. The van der Waals surface area contributed by atoms with Crippen LogP contribution in [0.1, 0.15) is 48.4 Å². The summed E-state index contributed by atoms with van der Waals surface area (Å²) < 4.78 is 26.6. The van der Waals surface area contributed by atoms with Gasteiger partial charge >= 0.3 is 0 Å². The summed E-state index contributed by atoms with van der Waals surface area (Å²) in [4.78, 5) is 50.1. The molecule has 0 aromatic heterocycles. The fourth-order valence-electron chi connectivity index (χ4n) is 4.89. The van der Waals surface area contributed by atoms with Gasteiger partial charge in [-0.05, 0) is 77.7 Å². The maximum Gasteiger partial charge on any atom is 0.261 e. The van der Waals surface area contributed by atoms with Crippen molar-refractivity contribution in [3.05, 3.63) is 107 Å². The zero-order chi connectivity index (χ0) is 27.5. The lowest BCUT2D eigenvalue weighted by Crippen LogP contribution is -2.29. The predicted octanol–water partition coefficient (Wildman–Crippen LogP) is 4.35. The van der Waals surface area contributed by atoms with Gasteiger partial charge in [-0.2, -0.15) is 0 Å². The molecule has 192 valence electrons. The van der Waals surface area contributed by atoms with E-state index in [2.05, 4.69) is 5.32 Å². The number of amides is 4. The molecule has 0 spiro atoms. The van der Waals surface area contributed by atoms with Gasteiger partial charge in [-0.25, -0.2) is 8.42 Å². The minimum Gasteiger partial charge on any atom is -0.288 e. The average molecular weight is 537 g/mol. The fraction of sp³-hybridized carbons (Fsp3) is 0.0667. The maximum atomic E-state index is 13.3. The van der Waals surface area contributed by atoms with Crippen molar-refractivity contribution in [2.45, 2.75) is 16.7 Å². The summed E-state index contributed by atoms with van der Waals surface area (Å²) >= 11 is 0. The Kier molecular flexibility index (Phi) is 5.55. The van der Waals surface area contributed by atoms with Gasteiger partial charge in [0.15, 0.2) is 0 Å². The van der Waals surface area contributed by atoms with Crippen LogP contribution in [-0.4, -0.2) is 43.5 Å². The van der Waals surface area contributed by atoms with Crippen LogP contribution >= 0.6 is 0 Å². The molecule has 39 heavy (non-hydrogen) atoms. The van der Waals surface area contributed by atoms with Crippen LogP contribution in [-0.2, 0) is 9.84 Å². The van der Waals surface area contributed by atoms with Gasteiger partial charge in [-0.15, -0.1) is 0 Å². The highest BCUT2D eigenvalue weighted by Gasteiger charge is 2.34. The zero-order valence-corrected chi connectivity index (χ0v) is 21.4. The fourth-order valence-corrected chi connectivity index (χ4v) is 6.16. The molecule has 6 rings (SSSR count). The van der Waals surface area contributed by atoms with Crippen molar-refractivity contribution >= 4 is 33.5 Å². The molecule has 2 aliphatic rings. The molecular formula is C30H20N2O6S. The average Bonchev–Trinajstić information content (AvgIpc) is 3.38. The first kappa shape index (κ1) is 24.4. The van der Waals surface area contributed by atoms with E-state index in [1.807, 2.05) is 0 Å². The van der Waals surface area contributed by atoms with Crippen LogP contribution in [0.5, 0.6) is 0 Å². The van der Waals surface area contributed by atoms with Gasteiger partial charge < -0.3 is 0 Å². The van der Waals surface area contributed by atoms with E-state index >= 15 is 0 Å². The molecule has 4 aromatic rings. The second kappa shape index (κ2) is 8.85. The number of nitrogens with zero attached hydrogens (tertiary/aromatic N) is 1. The van der Waals surface area contributed by atoms with Crippen molar-refractivity contribution in [3.8, 4) is 22.3 Å². The molecule has 0 saturated carbocycles. The minimum absolute atomic E-state index is 0.106. The molecule has 0 saturated heterocycles. The number of hydrogen-bond donors (Lipinski definition) is 1. The number of sulfone groups is 1. The Labute approximate surface area is 223 Å². The molecule has 1 N–H and O–H groups in total. The van der Waals surface area contributed by atoms with Crippen molar-refractivity contribution in [1.29, 1.82) is 0 Å². The van der Waals surface area contributed by atoms with E-state index in [0.717, 1.165) is 0 Å². The Morgan fingerprint density at radius 3 is 1.54 bits per heavy atom. The van der Waals surface area contributed by atoms with Gasteiger partial charge in [0, 0.05) is 6.54 Å². The van der Waals surface area contributed by atoms with Gasteiger partial charge in [-0.3, -0.25) is 29.4 Å². The van der Waals surface area contributed by atoms with Crippen molar-refractivity contribution in [3.63, 3.8) is 0 Å². The number of nitrogens with one attached hydrogen (secondary N) is 1. The lowest BCUT2D eigenvalue weighted by molar-refractivity contribution is 0.0661. The topological polar surface area (TPSA) is 118 Å². The van der Waals surface area contributed by atoms with Crippen LogP contribution in [0.4, 0.5) is 0 Å². The highest BCUT2D eigenvalue weighted by Crippen LogP contribution is 2.31. The van der Waals surface area contributed by atoms with E-state index in [1.165, 1.54) is 29.2 Å². The number of hydrogen-bond acceptors (Lipinski definition) is 6. The van der Waals surface area contributed by atoms with Crippen molar-refractivity contribution in [1.82, 2.24) is 10.2 Å². The minimum atomic E-state index is -3.81. The quantitative estimate of drug-likeness (QED) is 0.379. The summed E-state index contributed by atoms with van der Waals surface area (Å²) in [5.41, 5.74) is 4.10. The molecule has 0 unspecified atom stereocenters. The molecule has 4 aromatic carbocycles. The molecule has 0 fully saturated rings. The Morgan fingerprint density at radius 2 is 1.00 bits per heavy atom. The summed E-state index contributed by atoms with van der Waals surface area (Å²) in [6.07, 6.45) is 0. The molecule has 0 aliphatic carbocycles. The Bertz CT molecular complexity index is 1840. The molecule has 9 heteroatoms. The summed E-state index contributed by atoms with van der Waals surface area (Å²) in [5.74, 6) is -1.54. The highest BCUT2D eigenvalue weighted by molar-refractivity contribution is 7.91. The van der Waals surface area contributed by atoms with Gasteiger partial charge in [0.1, 0.15) is 0 Å². The van der Waals surface area contributed by atoms with E-state index < -0.39 is 21.7 Å². The zero-order valence-electron chi connectivity index (χ0n) is 20.6. The molecule has 0 radical (unpaired) electrons. The van der Waals surface area contributed by atoms with Crippen molar-refractivity contribution < 1.29 is 27.6 Å². The Balaban J connectivity index is 1.25. The standard InChI is InChI=1S/C30H20N2O6S/c1-2-32-29(35)24-14-8-20(16-26(24)30(32)36)18-5-11-22(12-6-18)39(37,38)21-9-3-17(4-10-21)19-7-13-23-25(15-19)28(34)31-27(23)33/h3-16H,2H2,1H3,(H,31,33,34). The smallest absolute Gasteiger partial charge is 0.261 e. The number of carbonyl (C=O) groups excluding carboxylic acids is 4. The molecule has 2 aliphatic heterocycles. The highest BCUT2D eigenvalue weighted by atomic mass is 32.2. The van der Waals surface area contributed by atoms with Gasteiger partial charge in [0.05, 0.1) is 32.0 Å². The molecule has 4 amide bonds. The number of benzene rings is 4. The van der Waals surface area contributed by atoms with E-state index in [1.54, 1.807) is 67.6 Å². The third-order valence-corrected chi connectivity index (χ3v) is 8.80. The van der Waals surface area contributed by atoms with Crippen LogP contribution in [0.15, 0.2) is 94.7 Å². The largest absolute Gasteiger partial charge is 0.288 e. The summed E-state index contributed by atoms with van der Waals surface area (Å²) in [6.45, 7) is 2.03. The first-order valence-corrected chi connectivity index (χ1v) is 13.6. The summed E-state index contributed by atoms with van der Waals surface area (Å²) in [7, 11) is -3.81. The number of fused-ring (bicyclic) bond motifs is 2. The Morgan fingerprint density at radius 1 is 0.564 bits per heavy atom. The maximum absolute atomic E-state index is 13.3. The van der Waals surface area contributed by atoms with Crippen LogP contribution in [0.2, 0.25) is 0 Å². The lowest BCUT2D eigenvalue weighted by Gasteiger charge is -2.09. The van der Waals surface area contributed by atoms with E-state index in [9.17, 15) is 27.6 Å². The number of imide groups is 2. The first-order valence-electron chi connectivity index (χ1n) is 12.1. The van der Waals surface area contributed by atoms with Crippen LogP contribution in [0.3, 0.4) is 0 Å². The van der Waals surface area contributed by atoms with Gasteiger partial charge in [0.2, 0.25) is 9.84 Å². The third kappa shape index (κ3) is 3.86. The van der Waals surface area contributed by atoms with Crippen molar-refractivity contribution in [2.24, 2.45) is 0 Å². The predicted molar refractivity (Wildman–Crippen MR) is 142 cm³/mol. The normalized spacial score (nSPS) is 14.4. The van der Waals surface area contributed by atoms with Gasteiger partial charge in [0.25, 0.3) is 23.6 Å². The molecule has 0 atom stereocenters. The van der Waals surface area contributed by atoms with E-state index in [0.29, 0.717) is 45.5 Å². The van der Waals surface area contributed by atoms with E-state index in [-0.39, 0.29) is 27.2 Å². The lowest BCUT2D eigenvalue weighted by atomic mass is 10.0. The van der Waals surface area contributed by atoms with E-state index in [4.69, 9.17) is 0 Å². The van der Waals surface area contributed by atoms with Crippen LogP contribution in [0, 0.1) is 0 Å². The second-order valence-electron chi connectivity index (χ2n) is 9.21. The number of rotatable bonds is 5. The Hall–Kier alpha value is -4.89. The SMILES string of the molecule is CCN1C(=O)c2ccc(-c3ccc(S(=O)(=O)c4ccc(-c5ccc6c(c5)C(=O)NC6=O)cc4)cc3)cc2C1=O. The molecular weight excluding hydrogens is 516 g/mol. The molecule has 8 nitrogen and oxygen atoms in total. The summed E-state index contributed by atoms with van der Waals surface area (Å²) in [5, 5.41) is 2.25. The van der Waals surface area contributed by atoms with Crippen LogP contribution in [0.25, 0.3) is 22.3 Å². The second-order valence-corrected chi connectivity index (χ2v) is 11.2. The van der Waals surface area contributed by atoms with Crippen molar-refractivity contribution in [2.75, 3.05) is 6.54 Å². The van der Waals surface area contributed by atoms with Crippen LogP contribution < -0.4 is 5.32 Å². The third-order valence-electron chi connectivity index (χ3n) is 7.02. The summed E-state index contributed by atoms with van der Waals surface area (Å²) in [6, 6.07) is 22.6. The number of carbonyl (C=O) groups is 4. The first-order chi connectivity index (χ1) is 18.7. The monoisotopic (exact) mass is 536 g/mol. The molecule has 2 heterocycles.